The number of nitrogens with zero attached hydrogens (tertiary/aromatic N) is 1. The number of rotatable bonds is 9. The second-order valence-electron chi connectivity index (χ2n) is 5.89. The number of anilines is 1. The third-order valence-corrected chi connectivity index (χ3v) is 4.60. The molecule has 3 rings (SSSR count). The topological polar surface area (TPSA) is 103 Å². The Kier molecular flexibility index (Phi) is 6.96. The molecule has 0 spiro atoms. The van der Waals surface area contributed by atoms with E-state index in [4.69, 9.17) is 9.15 Å². The van der Waals surface area contributed by atoms with Gasteiger partial charge >= 0.3 is 6.61 Å². The summed E-state index contributed by atoms with van der Waals surface area (Å²) in [6.07, 6.45) is 1.40. The van der Waals surface area contributed by atoms with Crippen LogP contribution in [-0.4, -0.2) is 30.5 Å². The molecule has 0 aliphatic rings. The molecule has 158 valence electrons. The summed E-state index contributed by atoms with van der Waals surface area (Å²) in [4.78, 5) is 28.3. The van der Waals surface area contributed by atoms with Gasteiger partial charge in [0.25, 0.3) is 5.91 Å². The molecule has 2 N–H and O–H groups in total. The van der Waals surface area contributed by atoms with Crippen molar-refractivity contribution < 1.29 is 32.3 Å². The van der Waals surface area contributed by atoms with Crippen molar-refractivity contribution in [2.24, 2.45) is 0 Å². The van der Waals surface area contributed by atoms with E-state index < -0.39 is 12.5 Å². The van der Waals surface area contributed by atoms with Crippen molar-refractivity contribution in [1.29, 1.82) is 0 Å². The Balaban J connectivity index is 1.51. The summed E-state index contributed by atoms with van der Waals surface area (Å²) in [6, 6.07) is 7.52. The highest BCUT2D eigenvalue weighted by molar-refractivity contribution is 7.14. The number of thiazole rings is 1. The van der Waals surface area contributed by atoms with Crippen LogP contribution in [0.25, 0.3) is 0 Å². The van der Waals surface area contributed by atoms with Crippen molar-refractivity contribution in [3.8, 4) is 11.5 Å². The molecule has 3 aromatic rings. The molecule has 0 aliphatic carbocycles. The molecule has 11 heteroatoms. The fourth-order valence-corrected chi connectivity index (χ4v) is 3.16. The van der Waals surface area contributed by atoms with Crippen molar-refractivity contribution in [3.63, 3.8) is 0 Å². The number of nitrogens with one attached hydrogen (secondary N) is 2. The highest BCUT2D eigenvalue weighted by Gasteiger charge is 2.14. The number of furan rings is 1. The summed E-state index contributed by atoms with van der Waals surface area (Å²) in [7, 11) is 1.33. The molecule has 8 nitrogen and oxygen atoms in total. The number of halogens is 2. The van der Waals surface area contributed by atoms with Crippen molar-refractivity contribution in [1.82, 2.24) is 10.3 Å². The van der Waals surface area contributed by atoms with Crippen LogP contribution in [0.2, 0.25) is 0 Å². The van der Waals surface area contributed by atoms with Gasteiger partial charge in [0.05, 0.1) is 25.5 Å². The van der Waals surface area contributed by atoms with Gasteiger partial charge < -0.3 is 19.2 Å². The van der Waals surface area contributed by atoms with Crippen molar-refractivity contribution >= 4 is 28.3 Å². The molecule has 0 fully saturated rings. The highest BCUT2D eigenvalue weighted by Crippen LogP contribution is 2.29. The normalized spacial score (nSPS) is 10.7. The first-order chi connectivity index (χ1) is 14.4. The van der Waals surface area contributed by atoms with Crippen molar-refractivity contribution in [2.75, 3.05) is 12.4 Å². The lowest BCUT2D eigenvalue weighted by Crippen LogP contribution is -2.24. The summed E-state index contributed by atoms with van der Waals surface area (Å²) < 4.78 is 39.1. The summed E-state index contributed by atoms with van der Waals surface area (Å²) in [5.74, 6) is -0.521. The highest BCUT2D eigenvalue weighted by atomic mass is 32.1. The largest absolute Gasteiger partial charge is 0.493 e. The molecule has 1 aromatic carbocycles. The second-order valence-corrected chi connectivity index (χ2v) is 6.75. The zero-order valence-electron chi connectivity index (χ0n) is 15.7. The van der Waals surface area contributed by atoms with Gasteiger partial charge in [-0.1, -0.05) is 6.07 Å². The van der Waals surface area contributed by atoms with Crippen LogP contribution in [0.15, 0.2) is 46.4 Å². The fourth-order valence-electron chi connectivity index (χ4n) is 2.46. The number of amides is 2. The number of methoxy groups -OCH3 is 1. The number of carbonyl (C=O) groups is 2. The van der Waals surface area contributed by atoms with E-state index in [9.17, 15) is 18.4 Å². The summed E-state index contributed by atoms with van der Waals surface area (Å²) in [5.41, 5.74) is 1.14. The van der Waals surface area contributed by atoms with E-state index in [-0.39, 0.29) is 36.1 Å². The zero-order valence-corrected chi connectivity index (χ0v) is 16.5. The average molecular weight is 437 g/mol. The van der Waals surface area contributed by atoms with Gasteiger partial charge in [-0.15, -0.1) is 11.3 Å². The number of ether oxygens (including phenoxy) is 2. The van der Waals surface area contributed by atoms with E-state index in [1.807, 2.05) is 0 Å². The standard InChI is InChI=1S/C19H17F2N3O5S/c1-27-15-7-11(4-5-13(15)29-18(20)21)9-22-16(25)8-12-10-30-19(23-12)24-17(26)14-3-2-6-28-14/h2-7,10,18H,8-9H2,1H3,(H,22,25)(H,23,24,26). The van der Waals surface area contributed by atoms with Crippen LogP contribution in [0.5, 0.6) is 11.5 Å². The monoisotopic (exact) mass is 437 g/mol. The molecular weight excluding hydrogens is 420 g/mol. The third-order valence-electron chi connectivity index (χ3n) is 3.79. The Morgan fingerprint density at radius 3 is 2.80 bits per heavy atom. The molecule has 0 aliphatic heterocycles. The summed E-state index contributed by atoms with van der Waals surface area (Å²) in [5, 5.41) is 7.31. The minimum atomic E-state index is -2.96. The molecule has 30 heavy (non-hydrogen) atoms. The van der Waals surface area contributed by atoms with Gasteiger partial charge in [-0.3, -0.25) is 14.9 Å². The van der Waals surface area contributed by atoms with Crippen molar-refractivity contribution in [3.05, 3.63) is 59.0 Å². The van der Waals surface area contributed by atoms with E-state index in [1.165, 1.54) is 42.9 Å². The second kappa shape index (κ2) is 9.83. The van der Waals surface area contributed by atoms with Gasteiger partial charge in [0.15, 0.2) is 22.4 Å². The minimum absolute atomic E-state index is 0.0107. The summed E-state index contributed by atoms with van der Waals surface area (Å²) >= 11 is 1.19. The van der Waals surface area contributed by atoms with Gasteiger partial charge in [0.2, 0.25) is 5.91 Å². The van der Waals surface area contributed by atoms with Gasteiger partial charge in [-0.25, -0.2) is 4.98 Å². The van der Waals surface area contributed by atoms with Crippen LogP contribution in [-0.2, 0) is 17.8 Å². The molecular formula is C19H17F2N3O5S. The van der Waals surface area contributed by atoms with Gasteiger partial charge in [0, 0.05) is 11.9 Å². The lowest BCUT2D eigenvalue weighted by atomic mass is 10.2. The van der Waals surface area contributed by atoms with Gasteiger partial charge in [0.1, 0.15) is 0 Å². The maximum Gasteiger partial charge on any atom is 0.387 e. The SMILES string of the molecule is COc1cc(CNC(=O)Cc2csc(NC(=O)c3ccco3)n2)ccc1OC(F)F. The predicted octanol–water partition coefficient (Wildman–Crippen LogP) is 3.46. The zero-order chi connectivity index (χ0) is 21.5. The Bertz CT molecular complexity index is 1010. The number of aromatic nitrogens is 1. The van der Waals surface area contributed by atoms with Crippen LogP contribution in [0.3, 0.4) is 0 Å². The number of hydrogen-bond donors (Lipinski definition) is 2. The van der Waals surface area contributed by atoms with Gasteiger partial charge in [-0.2, -0.15) is 8.78 Å². The molecule has 2 aromatic heterocycles. The maximum atomic E-state index is 12.4. The maximum absolute atomic E-state index is 12.4. The number of benzene rings is 1. The molecule has 2 heterocycles. The Morgan fingerprint density at radius 1 is 1.27 bits per heavy atom. The summed E-state index contributed by atoms with van der Waals surface area (Å²) in [6.45, 7) is -2.80. The number of carbonyl (C=O) groups excluding carboxylic acids is 2. The van der Waals surface area contributed by atoms with E-state index in [1.54, 1.807) is 17.5 Å². The Hall–Kier alpha value is -3.47. The number of alkyl halides is 2. The van der Waals surface area contributed by atoms with Crippen molar-refractivity contribution in [2.45, 2.75) is 19.6 Å². The van der Waals surface area contributed by atoms with E-state index in [0.29, 0.717) is 16.4 Å². The first-order valence-corrected chi connectivity index (χ1v) is 9.50. The molecule has 0 bridgehead atoms. The molecule has 0 saturated heterocycles. The van der Waals surface area contributed by atoms with Gasteiger partial charge in [-0.05, 0) is 29.8 Å². The lowest BCUT2D eigenvalue weighted by molar-refractivity contribution is -0.120. The lowest BCUT2D eigenvalue weighted by Gasteiger charge is -2.11. The van der Waals surface area contributed by atoms with E-state index >= 15 is 0 Å². The van der Waals surface area contributed by atoms with Crippen LogP contribution in [0.1, 0.15) is 21.8 Å². The van der Waals surface area contributed by atoms with E-state index in [0.717, 1.165) is 0 Å². The van der Waals surface area contributed by atoms with Crippen LogP contribution in [0.4, 0.5) is 13.9 Å². The molecule has 0 unspecified atom stereocenters. The average Bonchev–Trinajstić information content (AvgIpc) is 3.39. The van der Waals surface area contributed by atoms with Crippen LogP contribution >= 0.6 is 11.3 Å². The fraction of sp³-hybridized carbons (Fsp3) is 0.211. The molecule has 0 saturated carbocycles. The quantitative estimate of drug-likeness (QED) is 0.532. The van der Waals surface area contributed by atoms with Crippen LogP contribution in [0, 0.1) is 0 Å². The van der Waals surface area contributed by atoms with Crippen LogP contribution < -0.4 is 20.1 Å². The Morgan fingerprint density at radius 2 is 2.10 bits per heavy atom. The van der Waals surface area contributed by atoms with E-state index in [2.05, 4.69) is 20.4 Å². The number of hydrogen-bond acceptors (Lipinski definition) is 7. The third kappa shape index (κ3) is 5.77. The molecule has 2 amide bonds. The Labute approximate surface area is 173 Å². The predicted molar refractivity (Wildman–Crippen MR) is 104 cm³/mol. The minimum Gasteiger partial charge on any atom is -0.493 e. The smallest absolute Gasteiger partial charge is 0.387 e. The molecule has 0 atom stereocenters. The first kappa shape index (κ1) is 21.2. The first-order valence-electron chi connectivity index (χ1n) is 8.62. The molecule has 0 radical (unpaired) electrons.